The number of hydrogen-bond donors (Lipinski definition) is 1. The van der Waals surface area contributed by atoms with Gasteiger partial charge in [0.2, 0.25) is 0 Å². The molecule has 0 bridgehead atoms. The van der Waals surface area contributed by atoms with Gasteiger partial charge in [-0.05, 0) is 36.8 Å². The third-order valence-electron chi connectivity index (χ3n) is 6.05. The topological polar surface area (TPSA) is 102 Å². The SMILES string of the molecule is Cc1ccc(-c2cc3c(n4cnnc24)N(C(=O)O)Cc2c(F)ccc4c2[C@@H](CO4)CO3)nc1. The molecule has 9 nitrogen and oxygen atoms in total. The highest BCUT2D eigenvalue weighted by Gasteiger charge is 2.35. The van der Waals surface area contributed by atoms with Crippen LogP contribution in [-0.4, -0.2) is 44.0 Å². The molecule has 4 aromatic rings. The number of hydrogen-bond acceptors (Lipinski definition) is 6. The fourth-order valence-corrected chi connectivity index (χ4v) is 4.47. The third kappa shape index (κ3) is 2.98. The summed E-state index contributed by atoms with van der Waals surface area (Å²) in [7, 11) is 0. The molecule has 6 rings (SSSR count). The normalized spacial score (nSPS) is 16.8. The molecule has 1 atom stereocenters. The van der Waals surface area contributed by atoms with E-state index in [1.807, 2.05) is 19.1 Å². The van der Waals surface area contributed by atoms with Gasteiger partial charge in [0, 0.05) is 22.9 Å². The Morgan fingerprint density at radius 2 is 2.00 bits per heavy atom. The molecule has 5 heterocycles. The number of pyridine rings is 2. The van der Waals surface area contributed by atoms with Crippen molar-refractivity contribution in [1.82, 2.24) is 19.6 Å². The Hall–Kier alpha value is -4.21. The largest absolute Gasteiger partial charge is 0.493 e. The van der Waals surface area contributed by atoms with Gasteiger partial charge in [-0.2, -0.15) is 0 Å². The molecule has 3 aromatic heterocycles. The summed E-state index contributed by atoms with van der Waals surface area (Å²) in [6.07, 6.45) is 1.90. The molecule has 2 aliphatic heterocycles. The molecule has 1 N–H and O–H groups in total. The van der Waals surface area contributed by atoms with Crippen molar-refractivity contribution in [3.63, 3.8) is 0 Å². The first-order valence-electron chi connectivity index (χ1n) is 10.4. The summed E-state index contributed by atoms with van der Waals surface area (Å²) in [4.78, 5) is 17.9. The van der Waals surface area contributed by atoms with Crippen LogP contribution in [0.2, 0.25) is 0 Å². The van der Waals surface area contributed by atoms with E-state index in [0.717, 1.165) is 10.5 Å². The molecule has 166 valence electrons. The van der Waals surface area contributed by atoms with Crippen molar-refractivity contribution in [1.29, 1.82) is 0 Å². The summed E-state index contributed by atoms with van der Waals surface area (Å²) in [6, 6.07) is 8.38. The number of carboxylic acid groups (broad SMARTS) is 1. The van der Waals surface area contributed by atoms with E-state index in [0.29, 0.717) is 40.6 Å². The monoisotopic (exact) mass is 447 g/mol. The number of nitrogens with zero attached hydrogens (tertiary/aromatic N) is 5. The molecule has 0 fully saturated rings. The molecule has 2 aliphatic rings. The number of rotatable bonds is 1. The summed E-state index contributed by atoms with van der Waals surface area (Å²) >= 11 is 0. The average Bonchev–Trinajstić information content (AvgIpc) is 3.45. The van der Waals surface area contributed by atoms with Gasteiger partial charge < -0.3 is 14.6 Å². The highest BCUT2D eigenvalue weighted by Crippen LogP contribution is 2.43. The molecule has 0 spiro atoms. The summed E-state index contributed by atoms with van der Waals surface area (Å²) in [6.45, 7) is 2.25. The van der Waals surface area contributed by atoms with Crippen LogP contribution in [-0.2, 0) is 6.54 Å². The van der Waals surface area contributed by atoms with E-state index in [1.165, 1.54) is 12.4 Å². The maximum atomic E-state index is 14.9. The van der Waals surface area contributed by atoms with Crippen molar-refractivity contribution in [2.45, 2.75) is 19.4 Å². The number of halogens is 1. The molecule has 1 aromatic carbocycles. The maximum Gasteiger partial charge on any atom is 0.413 e. The molecule has 10 heteroatoms. The second kappa shape index (κ2) is 7.16. The first-order valence-corrected chi connectivity index (χ1v) is 10.4. The van der Waals surface area contributed by atoms with E-state index in [4.69, 9.17) is 9.47 Å². The van der Waals surface area contributed by atoms with Gasteiger partial charge in [-0.25, -0.2) is 9.18 Å². The second-order valence-electron chi connectivity index (χ2n) is 8.12. The van der Waals surface area contributed by atoms with Crippen LogP contribution >= 0.6 is 0 Å². The van der Waals surface area contributed by atoms with Gasteiger partial charge in [0.15, 0.2) is 17.2 Å². The zero-order valence-electron chi connectivity index (χ0n) is 17.5. The first kappa shape index (κ1) is 19.5. The lowest BCUT2D eigenvalue weighted by Crippen LogP contribution is -2.31. The van der Waals surface area contributed by atoms with Crippen LogP contribution in [0.25, 0.3) is 16.9 Å². The maximum absolute atomic E-state index is 14.9. The highest BCUT2D eigenvalue weighted by atomic mass is 19.1. The van der Waals surface area contributed by atoms with Crippen LogP contribution in [0.1, 0.15) is 22.6 Å². The number of fused-ring (bicyclic) bond motifs is 3. The van der Waals surface area contributed by atoms with Gasteiger partial charge in [-0.15, -0.1) is 10.2 Å². The van der Waals surface area contributed by atoms with Crippen LogP contribution in [0.15, 0.2) is 42.9 Å². The summed E-state index contributed by atoms with van der Waals surface area (Å²) in [5, 5.41) is 18.3. The van der Waals surface area contributed by atoms with E-state index in [9.17, 15) is 14.3 Å². The fourth-order valence-electron chi connectivity index (χ4n) is 4.47. The van der Waals surface area contributed by atoms with Crippen LogP contribution in [0.3, 0.4) is 0 Å². The van der Waals surface area contributed by atoms with Gasteiger partial charge in [0.05, 0.1) is 31.4 Å². The minimum absolute atomic E-state index is 0.193. The number of carbonyl (C=O) groups is 1. The molecular formula is C23H18FN5O4. The van der Waals surface area contributed by atoms with Crippen molar-refractivity contribution < 1.29 is 23.8 Å². The lowest BCUT2D eigenvalue weighted by atomic mass is 9.95. The van der Waals surface area contributed by atoms with Crippen molar-refractivity contribution in [3.05, 3.63) is 65.4 Å². The molecule has 1 amide bonds. The van der Waals surface area contributed by atoms with Gasteiger partial charge in [-0.3, -0.25) is 14.3 Å². The minimum Gasteiger partial charge on any atom is -0.493 e. The minimum atomic E-state index is -1.26. The molecule has 0 radical (unpaired) electrons. The Morgan fingerprint density at radius 3 is 2.76 bits per heavy atom. The van der Waals surface area contributed by atoms with Crippen molar-refractivity contribution in [2.75, 3.05) is 18.1 Å². The number of anilines is 1. The lowest BCUT2D eigenvalue weighted by molar-refractivity contribution is 0.200. The fraction of sp³-hybridized carbons (Fsp3) is 0.217. The van der Waals surface area contributed by atoms with Crippen LogP contribution in [0.5, 0.6) is 11.5 Å². The van der Waals surface area contributed by atoms with Gasteiger partial charge in [0.25, 0.3) is 0 Å². The van der Waals surface area contributed by atoms with Crippen LogP contribution in [0, 0.1) is 12.7 Å². The first-order chi connectivity index (χ1) is 16.0. The zero-order chi connectivity index (χ0) is 22.7. The summed E-state index contributed by atoms with van der Waals surface area (Å²) < 4.78 is 28.4. The van der Waals surface area contributed by atoms with Gasteiger partial charge >= 0.3 is 6.09 Å². The molecule has 0 saturated carbocycles. The van der Waals surface area contributed by atoms with Gasteiger partial charge in [-0.1, -0.05) is 6.07 Å². The Kier molecular flexibility index (Phi) is 4.22. The molecular weight excluding hydrogens is 429 g/mol. The molecule has 0 saturated heterocycles. The van der Waals surface area contributed by atoms with Crippen molar-refractivity contribution in [2.24, 2.45) is 0 Å². The molecule has 0 unspecified atom stereocenters. The third-order valence-corrected chi connectivity index (χ3v) is 6.05. The van der Waals surface area contributed by atoms with Crippen molar-refractivity contribution >= 4 is 17.6 Å². The van der Waals surface area contributed by atoms with E-state index < -0.39 is 11.9 Å². The predicted octanol–water partition coefficient (Wildman–Crippen LogP) is 3.79. The second-order valence-corrected chi connectivity index (χ2v) is 8.12. The number of ether oxygens (including phenoxy) is 2. The number of benzene rings is 1. The standard InChI is InChI=1S/C23H18FN5O4/c1-12-2-4-17(25-7-12)14-6-19-22(29-11-26-27-21(14)29)28(23(30)31)8-15-16(24)3-5-18-20(15)13(9-32-18)10-33-19/h2-7,11,13H,8-10H2,1H3,(H,30,31)/t13-/m0/s1. The van der Waals surface area contributed by atoms with E-state index in [2.05, 4.69) is 15.2 Å². The smallest absolute Gasteiger partial charge is 0.413 e. The number of aryl methyl sites for hydroxylation is 1. The van der Waals surface area contributed by atoms with Crippen molar-refractivity contribution in [3.8, 4) is 22.8 Å². The Labute approximate surface area is 187 Å². The average molecular weight is 447 g/mol. The quantitative estimate of drug-likeness (QED) is 0.474. The lowest BCUT2D eigenvalue weighted by Gasteiger charge is -2.23. The van der Waals surface area contributed by atoms with Gasteiger partial charge in [0.1, 0.15) is 17.9 Å². The Morgan fingerprint density at radius 1 is 1.18 bits per heavy atom. The number of amides is 1. The highest BCUT2D eigenvalue weighted by molar-refractivity contribution is 5.90. The summed E-state index contributed by atoms with van der Waals surface area (Å²) in [5.41, 5.74) is 3.63. The van der Waals surface area contributed by atoms with Crippen LogP contribution in [0.4, 0.5) is 15.0 Å². The number of aromatic nitrogens is 4. The Bertz CT molecular complexity index is 1420. The van der Waals surface area contributed by atoms with E-state index in [1.54, 1.807) is 22.7 Å². The summed E-state index contributed by atoms with van der Waals surface area (Å²) in [5.74, 6) is 0.347. The molecule has 33 heavy (non-hydrogen) atoms. The Balaban J connectivity index is 1.60. The van der Waals surface area contributed by atoms with Crippen LogP contribution < -0.4 is 14.4 Å². The molecule has 0 aliphatic carbocycles. The van der Waals surface area contributed by atoms with E-state index in [-0.39, 0.29) is 30.5 Å². The zero-order valence-corrected chi connectivity index (χ0v) is 17.5. The van der Waals surface area contributed by atoms with E-state index >= 15 is 0 Å². The predicted molar refractivity (Wildman–Crippen MR) is 115 cm³/mol.